The second kappa shape index (κ2) is 14.7. The van der Waals surface area contributed by atoms with Crippen LogP contribution in [0, 0.1) is 0 Å². The first-order valence-electron chi connectivity index (χ1n) is 13.3. The fourth-order valence-electron chi connectivity index (χ4n) is 4.58. The van der Waals surface area contributed by atoms with Crippen molar-refractivity contribution in [1.82, 2.24) is 10.2 Å². The largest absolute Gasteiger partial charge is 0.382 e. The number of benzene rings is 1. The number of hydrogen-bond donors (Lipinski definition) is 2. The summed E-state index contributed by atoms with van der Waals surface area (Å²) in [4.78, 5) is 50.6. The summed E-state index contributed by atoms with van der Waals surface area (Å²) in [5.74, 6) is -2.05. The van der Waals surface area contributed by atoms with Gasteiger partial charge in [0.05, 0.1) is 30.9 Å². The van der Waals surface area contributed by atoms with Crippen LogP contribution in [0.5, 0.6) is 0 Å². The minimum Gasteiger partial charge on any atom is -0.382 e. The molecule has 4 amide bonds. The van der Waals surface area contributed by atoms with Gasteiger partial charge in [0.1, 0.15) is 6.04 Å². The van der Waals surface area contributed by atoms with Crippen LogP contribution in [0.4, 0.5) is 5.69 Å². The van der Waals surface area contributed by atoms with Gasteiger partial charge in [-0.3, -0.25) is 29.4 Å². The lowest BCUT2D eigenvalue weighted by atomic mass is 10.0. The minimum atomic E-state index is -0.975. The minimum absolute atomic E-state index is 0.0924. The number of nitrogens with one attached hydrogen (secondary N) is 2. The number of fused-ring (bicyclic) bond motifs is 1. The molecule has 2 N–H and O–H groups in total. The predicted molar refractivity (Wildman–Crippen MR) is 136 cm³/mol. The van der Waals surface area contributed by atoms with Crippen molar-refractivity contribution in [3.8, 4) is 0 Å². The highest BCUT2D eigenvalue weighted by molar-refractivity contribution is 6.25. The van der Waals surface area contributed by atoms with Crippen LogP contribution < -0.4 is 10.6 Å². The molecule has 3 rings (SSSR count). The molecular formula is C27H39N3O6. The van der Waals surface area contributed by atoms with Crippen molar-refractivity contribution in [2.24, 2.45) is 0 Å². The zero-order valence-electron chi connectivity index (χ0n) is 21.3. The molecule has 2 aliphatic heterocycles. The molecule has 0 aliphatic carbocycles. The molecule has 0 aromatic heterocycles. The molecule has 36 heavy (non-hydrogen) atoms. The number of hydrogen-bond acceptors (Lipinski definition) is 7. The van der Waals surface area contributed by atoms with Crippen LogP contribution in [0.1, 0.15) is 91.8 Å². The van der Waals surface area contributed by atoms with E-state index < -0.39 is 29.7 Å². The molecular weight excluding hydrogens is 462 g/mol. The number of rotatable bonds is 17. The molecule has 198 valence electrons. The smallest absolute Gasteiger partial charge is 0.264 e. The SMILES string of the molecule is CCCCCCCCCCOCCOCCNc1cccc2c1C(=O)N(C1CCC(=O)NC1=O)C2=O. The average molecular weight is 502 g/mol. The van der Waals surface area contributed by atoms with Gasteiger partial charge < -0.3 is 14.8 Å². The third-order valence-electron chi connectivity index (χ3n) is 6.54. The van der Waals surface area contributed by atoms with E-state index in [4.69, 9.17) is 9.47 Å². The van der Waals surface area contributed by atoms with E-state index in [2.05, 4.69) is 17.6 Å². The van der Waals surface area contributed by atoms with Crippen molar-refractivity contribution in [2.45, 2.75) is 77.2 Å². The summed E-state index contributed by atoms with van der Waals surface area (Å²) in [5, 5.41) is 5.37. The molecule has 9 heteroatoms. The highest BCUT2D eigenvalue weighted by atomic mass is 16.5. The summed E-state index contributed by atoms with van der Waals surface area (Å²) in [6.45, 7) is 4.90. The maximum Gasteiger partial charge on any atom is 0.264 e. The molecule has 1 aromatic carbocycles. The Hall–Kier alpha value is -2.78. The van der Waals surface area contributed by atoms with Crippen molar-refractivity contribution >= 4 is 29.3 Å². The fourth-order valence-corrected chi connectivity index (χ4v) is 4.58. The molecule has 9 nitrogen and oxygen atoms in total. The standard InChI is InChI=1S/C27H39N3O6/c1-2-3-4-5-6-7-8-9-16-35-18-19-36-17-15-28-21-12-10-11-20-24(21)27(34)30(26(20)33)22-13-14-23(31)29-25(22)32/h10-12,22,28H,2-9,13-19H2,1H3,(H,29,31,32). The number of piperidine rings is 1. The van der Waals surface area contributed by atoms with E-state index in [-0.39, 0.29) is 24.0 Å². The lowest BCUT2D eigenvalue weighted by Gasteiger charge is -2.27. The number of unbranched alkanes of at least 4 members (excludes halogenated alkanes) is 7. The van der Waals surface area contributed by atoms with Gasteiger partial charge >= 0.3 is 0 Å². The van der Waals surface area contributed by atoms with Gasteiger partial charge in [0.2, 0.25) is 11.8 Å². The van der Waals surface area contributed by atoms with Crippen LogP contribution in [0.3, 0.4) is 0 Å². The molecule has 1 atom stereocenters. The Morgan fingerprint density at radius 2 is 1.58 bits per heavy atom. The summed E-state index contributed by atoms with van der Waals surface area (Å²) >= 11 is 0. The first-order valence-corrected chi connectivity index (χ1v) is 13.3. The topological polar surface area (TPSA) is 114 Å². The van der Waals surface area contributed by atoms with Crippen LogP contribution in [-0.2, 0) is 19.1 Å². The monoisotopic (exact) mass is 501 g/mol. The lowest BCUT2D eigenvalue weighted by molar-refractivity contribution is -0.136. The molecule has 2 heterocycles. The van der Waals surface area contributed by atoms with Gasteiger partial charge in [0.15, 0.2) is 0 Å². The number of nitrogens with zero attached hydrogens (tertiary/aromatic N) is 1. The number of amides is 4. The normalized spacial score (nSPS) is 17.5. The number of carbonyl (C=O) groups excluding carboxylic acids is 4. The molecule has 0 radical (unpaired) electrons. The number of imide groups is 2. The van der Waals surface area contributed by atoms with Gasteiger partial charge in [-0.2, -0.15) is 0 Å². The average Bonchev–Trinajstić information content (AvgIpc) is 3.12. The van der Waals surface area contributed by atoms with Gasteiger partial charge in [-0.25, -0.2) is 0 Å². The van der Waals surface area contributed by atoms with Gasteiger partial charge in [-0.05, 0) is 25.0 Å². The van der Waals surface area contributed by atoms with Gasteiger partial charge in [0.25, 0.3) is 11.8 Å². The van der Waals surface area contributed by atoms with Crippen molar-refractivity contribution in [3.05, 3.63) is 29.3 Å². The molecule has 0 spiro atoms. The summed E-state index contributed by atoms with van der Waals surface area (Å²) in [6.07, 6.45) is 10.4. The van der Waals surface area contributed by atoms with E-state index in [1.807, 2.05) is 0 Å². The second-order valence-electron chi connectivity index (χ2n) is 9.30. The van der Waals surface area contributed by atoms with E-state index >= 15 is 0 Å². The Bertz CT molecular complexity index is 919. The van der Waals surface area contributed by atoms with E-state index in [1.165, 1.54) is 44.9 Å². The van der Waals surface area contributed by atoms with Crippen molar-refractivity contribution < 1.29 is 28.7 Å². The number of anilines is 1. The summed E-state index contributed by atoms with van der Waals surface area (Å²) in [7, 11) is 0. The van der Waals surface area contributed by atoms with Crippen LogP contribution in [-0.4, -0.2) is 67.5 Å². The van der Waals surface area contributed by atoms with Crippen LogP contribution in [0.2, 0.25) is 0 Å². The van der Waals surface area contributed by atoms with Gasteiger partial charge in [0, 0.05) is 25.3 Å². The Kier molecular flexibility index (Phi) is 11.4. The van der Waals surface area contributed by atoms with E-state index in [9.17, 15) is 19.2 Å². The summed E-state index contributed by atoms with van der Waals surface area (Å²) < 4.78 is 11.2. The fraction of sp³-hybridized carbons (Fsp3) is 0.630. The van der Waals surface area contributed by atoms with E-state index in [0.717, 1.165) is 17.9 Å². The third kappa shape index (κ3) is 7.61. The Balaban J connectivity index is 1.32. The lowest BCUT2D eigenvalue weighted by Crippen LogP contribution is -2.54. The molecule has 1 aromatic rings. The van der Waals surface area contributed by atoms with Crippen LogP contribution >= 0.6 is 0 Å². The summed E-state index contributed by atoms with van der Waals surface area (Å²) in [6, 6.07) is 4.02. The predicted octanol–water partition coefficient (Wildman–Crippen LogP) is 3.67. The molecule has 0 bridgehead atoms. The van der Waals surface area contributed by atoms with Gasteiger partial charge in [-0.1, -0.05) is 57.9 Å². The second-order valence-corrected chi connectivity index (χ2v) is 9.30. The third-order valence-corrected chi connectivity index (χ3v) is 6.54. The zero-order valence-corrected chi connectivity index (χ0v) is 21.3. The van der Waals surface area contributed by atoms with Crippen molar-refractivity contribution in [2.75, 3.05) is 38.3 Å². The van der Waals surface area contributed by atoms with Gasteiger partial charge in [-0.15, -0.1) is 0 Å². The molecule has 1 saturated heterocycles. The van der Waals surface area contributed by atoms with E-state index in [0.29, 0.717) is 32.1 Å². The highest BCUT2D eigenvalue weighted by Crippen LogP contribution is 2.32. The molecule has 1 unspecified atom stereocenters. The number of carbonyl (C=O) groups is 4. The van der Waals surface area contributed by atoms with E-state index in [1.54, 1.807) is 18.2 Å². The Labute approximate surface area is 213 Å². The zero-order chi connectivity index (χ0) is 25.8. The van der Waals surface area contributed by atoms with Crippen LogP contribution in [0.15, 0.2) is 18.2 Å². The van der Waals surface area contributed by atoms with Crippen molar-refractivity contribution in [3.63, 3.8) is 0 Å². The molecule has 2 aliphatic rings. The quantitative estimate of drug-likeness (QED) is 0.247. The first kappa shape index (κ1) is 27.8. The summed E-state index contributed by atoms with van der Waals surface area (Å²) in [5.41, 5.74) is 1.03. The maximum absolute atomic E-state index is 13.1. The molecule has 0 saturated carbocycles. The number of ether oxygens (including phenoxy) is 2. The highest BCUT2D eigenvalue weighted by Gasteiger charge is 2.45. The van der Waals surface area contributed by atoms with Crippen LogP contribution in [0.25, 0.3) is 0 Å². The maximum atomic E-state index is 13.1. The first-order chi connectivity index (χ1) is 17.5. The van der Waals surface area contributed by atoms with Crippen molar-refractivity contribution in [1.29, 1.82) is 0 Å². The Morgan fingerprint density at radius 1 is 0.889 bits per heavy atom. The molecule has 1 fully saturated rings. The Morgan fingerprint density at radius 3 is 2.31 bits per heavy atom.